The van der Waals surface area contributed by atoms with Crippen LogP contribution in [0.4, 0.5) is 0 Å². The molecule has 184 valence electrons. The molecule has 1 fully saturated rings. The first-order chi connectivity index (χ1) is 16.4. The van der Waals surface area contributed by atoms with Crippen LogP contribution >= 0.6 is 15.9 Å². The molecule has 1 N–H and O–H groups in total. The van der Waals surface area contributed by atoms with Crippen LogP contribution in [-0.4, -0.2) is 38.7 Å². The number of carbonyl (C=O) groups is 2. The highest BCUT2D eigenvalue weighted by atomic mass is 79.9. The predicted molar refractivity (Wildman–Crippen MR) is 132 cm³/mol. The maximum absolute atomic E-state index is 12.4. The molecule has 3 rings (SSSR count). The second-order valence-electron chi connectivity index (χ2n) is 8.55. The molecule has 0 aromatic heterocycles. The van der Waals surface area contributed by atoms with Gasteiger partial charge in [0.05, 0.1) is 26.7 Å². The number of methoxy groups -OCH3 is 1. The smallest absolute Gasteiger partial charge is 0.307 e. The fourth-order valence-corrected chi connectivity index (χ4v) is 4.05. The first-order valence-corrected chi connectivity index (χ1v) is 12.3. The monoisotopic (exact) mass is 533 g/mol. The van der Waals surface area contributed by atoms with Crippen molar-refractivity contribution in [2.75, 3.05) is 26.9 Å². The molecule has 8 heteroatoms. The van der Waals surface area contributed by atoms with Crippen LogP contribution in [0.25, 0.3) is 0 Å². The first-order valence-electron chi connectivity index (χ1n) is 11.5. The topological polar surface area (TPSA) is 83.1 Å². The van der Waals surface area contributed by atoms with Gasteiger partial charge in [0, 0.05) is 22.1 Å². The molecule has 1 unspecified atom stereocenters. The van der Waals surface area contributed by atoms with Gasteiger partial charge < -0.3 is 24.3 Å². The third kappa shape index (κ3) is 7.55. The number of hydrogen-bond acceptors (Lipinski definition) is 6. The summed E-state index contributed by atoms with van der Waals surface area (Å²) in [5.74, 6) is 0.543. The third-order valence-electron chi connectivity index (χ3n) is 5.40. The molecular formula is C26H32BrNO6. The number of nitrogens with one attached hydrogen (secondary N) is 1. The van der Waals surface area contributed by atoms with Gasteiger partial charge in [-0.1, -0.05) is 41.9 Å². The van der Waals surface area contributed by atoms with Gasteiger partial charge in [-0.2, -0.15) is 0 Å². The lowest BCUT2D eigenvalue weighted by Crippen LogP contribution is -2.26. The van der Waals surface area contributed by atoms with Crippen LogP contribution in [0, 0.1) is 5.92 Å². The van der Waals surface area contributed by atoms with Crippen molar-refractivity contribution in [1.82, 2.24) is 5.32 Å². The minimum atomic E-state index is -0.410. The lowest BCUT2D eigenvalue weighted by molar-refractivity contribution is -0.183. The van der Waals surface area contributed by atoms with E-state index in [1.165, 1.54) is 7.11 Å². The van der Waals surface area contributed by atoms with Crippen LogP contribution in [0.5, 0.6) is 5.75 Å². The van der Waals surface area contributed by atoms with Crippen molar-refractivity contribution >= 4 is 27.8 Å². The summed E-state index contributed by atoms with van der Waals surface area (Å²) >= 11 is 3.59. The molecule has 0 spiro atoms. The Labute approximate surface area is 209 Å². The molecule has 0 radical (unpaired) electrons. The average Bonchev–Trinajstić information content (AvgIpc) is 2.85. The zero-order valence-electron chi connectivity index (χ0n) is 19.8. The fourth-order valence-electron chi connectivity index (χ4n) is 3.62. The largest absolute Gasteiger partial charge is 0.486 e. The summed E-state index contributed by atoms with van der Waals surface area (Å²) in [6.45, 7) is 5.86. The molecule has 1 amide bonds. The highest BCUT2D eigenvalue weighted by Gasteiger charge is 2.22. The van der Waals surface area contributed by atoms with Crippen molar-refractivity contribution in [3.05, 3.63) is 63.6 Å². The van der Waals surface area contributed by atoms with Crippen molar-refractivity contribution in [3.63, 3.8) is 0 Å². The summed E-state index contributed by atoms with van der Waals surface area (Å²) < 4.78 is 23.4. The second kappa shape index (κ2) is 12.9. The molecular weight excluding hydrogens is 502 g/mol. The van der Waals surface area contributed by atoms with E-state index in [9.17, 15) is 9.59 Å². The Balaban J connectivity index is 1.71. The number of amides is 1. The van der Waals surface area contributed by atoms with Crippen molar-refractivity contribution < 1.29 is 28.5 Å². The number of carbonyl (C=O) groups excluding carboxylic acids is 2. The van der Waals surface area contributed by atoms with Gasteiger partial charge in [0.2, 0.25) is 0 Å². The number of halogens is 1. The van der Waals surface area contributed by atoms with Crippen LogP contribution in [-0.2, 0) is 19.0 Å². The number of rotatable bonds is 10. The molecule has 0 aliphatic carbocycles. The van der Waals surface area contributed by atoms with Gasteiger partial charge in [-0.15, -0.1) is 0 Å². The van der Waals surface area contributed by atoms with Gasteiger partial charge in [-0.05, 0) is 54.7 Å². The molecule has 0 saturated carbocycles. The van der Waals surface area contributed by atoms with Crippen LogP contribution in [0.15, 0.2) is 46.9 Å². The highest BCUT2D eigenvalue weighted by Crippen LogP contribution is 2.35. The lowest BCUT2D eigenvalue weighted by atomic mass is 9.98. The molecule has 2 aromatic rings. The van der Waals surface area contributed by atoms with Crippen molar-refractivity contribution in [2.45, 2.75) is 45.5 Å². The van der Waals surface area contributed by atoms with E-state index in [0.717, 1.165) is 34.2 Å². The minimum Gasteiger partial charge on any atom is -0.486 e. The van der Waals surface area contributed by atoms with E-state index in [2.05, 4.69) is 39.8 Å². The summed E-state index contributed by atoms with van der Waals surface area (Å²) in [7, 11) is 1.32. The van der Waals surface area contributed by atoms with Gasteiger partial charge in [-0.25, -0.2) is 0 Å². The Bertz CT molecular complexity index is 956. The van der Waals surface area contributed by atoms with Gasteiger partial charge in [0.15, 0.2) is 6.29 Å². The van der Waals surface area contributed by atoms with Gasteiger partial charge in [0.1, 0.15) is 11.9 Å². The number of ether oxygens (including phenoxy) is 4. The predicted octanol–water partition coefficient (Wildman–Crippen LogP) is 5.34. The van der Waals surface area contributed by atoms with Gasteiger partial charge >= 0.3 is 5.97 Å². The van der Waals surface area contributed by atoms with E-state index in [-0.39, 0.29) is 30.9 Å². The fraction of sp³-hybridized carbons (Fsp3) is 0.462. The summed E-state index contributed by atoms with van der Waals surface area (Å²) in [6.07, 6.45) is 1.24. The standard InChI is InChI=1S/C26H32BrNO6/c1-17(2)15-23(18-5-7-19(8-6-18)25(30)28-12-11-24(29)31-3)34-20-9-10-22(27)21(16-20)26-32-13-4-14-33-26/h5-10,16-17,23,26H,4,11-15H2,1-3H3,(H,28,30). The number of esters is 1. The second-order valence-corrected chi connectivity index (χ2v) is 9.40. The Hall–Kier alpha value is -2.42. The molecule has 1 atom stereocenters. The maximum atomic E-state index is 12.4. The van der Waals surface area contributed by atoms with Crippen LogP contribution in [0.1, 0.15) is 67.0 Å². The third-order valence-corrected chi connectivity index (χ3v) is 6.12. The van der Waals surface area contributed by atoms with Crippen LogP contribution in [0.3, 0.4) is 0 Å². The van der Waals surface area contributed by atoms with Crippen LogP contribution < -0.4 is 10.1 Å². The molecule has 0 bridgehead atoms. The van der Waals surface area contributed by atoms with Gasteiger partial charge in [-0.3, -0.25) is 9.59 Å². The molecule has 34 heavy (non-hydrogen) atoms. The lowest BCUT2D eigenvalue weighted by Gasteiger charge is -2.26. The van der Waals surface area contributed by atoms with E-state index < -0.39 is 6.29 Å². The SMILES string of the molecule is COC(=O)CCNC(=O)c1ccc(C(CC(C)C)Oc2ccc(Br)c(C3OCCCO3)c2)cc1. The quantitative estimate of drug-likeness (QED) is 0.415. The zero-order chi connectivity index (χ0) is 24.5. The summed E-state index contributed by atoms with van der Waals surface area (Å²) in [4.78, 5) is 23.6. The van der Waals surface area contributed by atoms with Crippen LogP contribution in [0.2, 0.25) is 0 Å². The Morgan fingerprint density at radius 2 is 1.82 bits per heavy atom. The summed E-state index contributed by atoms with van der Waals surface area (Å²) in [5.41, 5.74) is 2.41. The van der Waals surface area contributed by atoms with Crippen molar-refractivity contribution in [3.8, 4) is 5.75 Å². The molecule has 1 saturated heterocycles. The van der Waals surface area contributed by atoms with Crippen molar-refractivity contribution in [1.29, 1.82) is 0 Å². The molecule has 7 nitrogen and oxygen atoms in total. The highest BCUT2D eigenvalue weighted by molar-refractivity contribution is 9.10. The molecule has 2 aromatic carbocycles. The maximum Gasteiger partial charge on any atom is 0.307 e. The van der Waals surface area contributed by atoms with E-state index in [1.807, 2.05) is 30.3 Å². The molecule has 1 aliphatic rings. The molecule has 1 heterocycles. The minimum absolute atomic E-state index is 0.136. The normalized spacial score (nSPS) is 15.1. The van der Waals surface area contributed by atoms with Crippen molar-refractivity contribution in [2.24, 2.45) is 5.92 Å². The summed E-state index contributed by atoms with van der Waals surface area (Å²) in [6, 6.07) is 13.2. The van der Waals surface area contributed by atoms with E-state index in [0.29, 0.717) is 24.7 Å². The average molecular weight is 534 g/mol. The number of benzene rings is 2. The van der Waals surface area contributed by atoms with E-state index in [1.54, 1.807) is 12.1 Å². The summed E-state index contributed by atoms with van der Waals surface area (Å²) in [5, 5.41) is 2.73. The zero-order valence-corrected chi connectivity index (χ0v) is 21.4. The number of hydrogen-bond donors (Lipinski definition) is 1. The Morgan fingerprint density at radius 1 is 1.12 bits per heavy atom. The molecule has 1 aliphatic heterocycles. The first kappa shape index (κ1) is 26.2. The Kier molecular flexibility index (Phi) is 9.92. The van der Waals surface area contributed by atoms with E-state index in [4.69, 9.17) is 14.2 Å². The Morgan fingerprint density at radius 3 is 2.47 bits per heavy atom. The van der Waals surface area contributed by atoms with Gasteiger partial charge in [0.25, 0.3) is 5.91 Å². The van der Waals surface area contributed by atoms with E-state index >= 15 is 0 Å².